The van der Waals surface area contributed by atoms with Gasteiger partial charge in [-0.3, -0.25) is 5.10 Å². The minimum Gasteiger partial charge on any atom is -0.258 e. The van der Waals surface area contributed by atoms with Crippen LogP contribution in [-0.2, 0) is 11.7 Å². The van der Waals surface area contributed by atoms with Crippen LogP contribution < -0.4 is 0 Å². The van der Waals surface area contributed by atoms with Crippen molar-refractivity contribution in [3.05, 3.63) is 23.8 Å². The van der Waals surface area contributed by atoms with E-state index in [9.17, 15) is 5.11 Å². The molecule has 11 heavy (non-hydrogen) atoms. The average molecular weight is 148 g/mol. The molecule has 0 aliphatic carbocycles. The molecule has 4 nitrogen and oxygen atoms in total. The summed E-state index contributed by atoms with van der Waals surface area (Å²) >= 11 is 0. The smallest absolute Gasteiger partial charge is 0.118 e. The zero-order valence-electron chi connectivity index (χ0n) is 5.74. The molecule has 0 atom stereocenters. The van der Waals surface area contributed by atoms with E-state index in [-0.39, 0.29) is 6.61 Å². The van der Waals surface area contributed by atoms with E-state index in [0.717, 1.165) is 5.52 Å². The molecule has 0 aliphatic rings. The molecule has 2 rings (SSSR count). The summed E-state index contributed by atoms with van der Waals surface area (Å²) in [4.78, 5) is 0. The van der Waals surface area contributed by atoms with Gasteiger partial charge in [-0.2, -0.15) is 0 Å². The molecule has 0 saturated heterocycles. The molecule has 4 heteroatoms. The van der Waals surface area contributed by atoms with E-state index in [1.54, 1.807) is 6.07 Å². The van der Waals surface area contributed by atoms with Gasteiger partial charge in [0, 0.05) is 5.56 Å². The van der Waals surface area contributed by atoms with Crippen molar-refractivity contribution >= 4 is 11.0 Å². The summed E-state index contributed by atoms with van der Waals surface area (Å²) in [6.45, 7) is -0.246. The zero-order valence-corrected chi connectivity index (χ0v) is 5.74. The van der Waals surface area contributed by atoms with Crippen molar-refractivity contribution in [2.24, 2.45) is 0 Å². The Morgan fingerprint density at radius 1 is 1.45 bits per heavy atom. The van der Waals surface area contributed by atoms with Crippen LogP contribution in [0.1, 0.15) is 5.56 Å². The van der Waals surface area contributed by atoms with Crippen molar-refractivity contribution in [2.75, 3.05) is 0 Å². The normalized spacial score (nSPS) is 10.6. The molecular formula is C7H6N3O. The number of fused-ring (bicyclic) bond motifs is 1. The first-order valence-electron chi connectivity index (χ1n) is 3.28. The predicted octanol–water partition coefficient (Wildman–Crippen LogP) is 0.888. The molecule has 1 N–H and O–H groups in total. The third kappa shape index (κ3) is 0.877. The summed E-state index contributed by atoms with van der Waals surface area (Å²) in [6, 6.07) is 5.42. The number of H-pyrrole nitrogens is 1. The summed E-state index contributed by atoms with van der Waals surface area (Å²) in [5.74, 6) is 0. The van der Waals surface area contributed by atoms with E-state index < -0.39 is 0 Å². The Balaban J connectivity index is 2.79. The number of aromatic nitrogens is 3. The molecule has 1 radical (unpaired) electrons. The summed E-state index contributed by atoms with van der Waals surface area (Å²) < 4.78 is 0. The van der Waals surface area contributed by atoms with Crippen molar-refractivity contribution in [3.63, 3.8) is 0 Å². The molecule has 2 aromatic rings. The standard InChI is InChI=1S/C7H6N3O/c11-4-5-2-1-3-6-7(5)9-10-8-6/h1-3H,4H2,(H,8,9,10). The summed E-state index contributed by atoms with van der Waals surface area (Å²) in [5, 5.41) is 20.6. The highest BCUT2D eigenvalue weighted by Gasteiger charge is 2.01. The van der Waals surface area contributed by atoms with Crippen LogP contribution in [0.3, 0.4) is 0 Å². The number of hydrogen-bond acceptors (Lipinski definition) is 2. The first-order chi connectivity index (χ1) is 5.42. The van der Waals surface area contributed by atoms with E-state index in [2.05, 4.69) is 15.4 Å². The van der Waals surface area contributed by atoms with Crippen molar-refractivity contribution < 1.29 is 5.11 Å². The number of aromatic amines is 1. The quantitative estimate of drug-likeness (QED) is 0.652. The second-order valence-corrected chi connectivity index (χ2v) is 2.27. The van der Waals surface area contributed by atoms with Crippen LogP contribution >= 0.6 is 0 Å². The summed E-state index contributed by atoms with van der Waals surface area (Å²) in [7, 11) is 0. The molecular weight excluding hydrogens is 142 g/mol. The maximum Gasteiger partial charge on any atom is 0.118 e. The van der Waals surface area contributed by atoms with Crippen LogP contribution in [-0.4, -0.2) is 15.4 Å². The molecule has 0 spiro atoms. The van der Waals surface area contributed by atoms with Crippen molar-refractivity contribution in [3.8, 4) is 0 Å². The van der Waals surface area contributed by atoms with Crippen LogP contribution in [0.2, 0.25) is 0 Å². The molecule has 55 valence electrons. The van der Waals surface area contributed by atoms with Gasteiger partial charge in [0.25, 0.3) is 0 Å². The lowest BCUT2D eigenvalue weighted by atomic mass is 10.2. The fraction of sp³-hybridized carbons (Fsp3) is 0.143. The highest BCUT2D eigenvalue weighted by molar-refractivity contribution is 5.76. The maximum absolute atomic E-state index is 10.6. The molecule has 0 saturated carbocycles. The van der Waals surface area contributed by atoms with Gasteiger partial charge in [-0.15, -0.1) is 5.10 Å². The first-order valence-corrected chi connectivity index (χ1v) is 3.28. The minimum absolute atomic E-state index is 0.246. The fourth-order valence-corrected chi connectivity index (χ4v) is 1.04. The number of nitrogens with zero attached hydrogens (tertiary/aromatic N) is 2. The van der Waals surface area contributed by atoms with Gasteiger partial charge in [-0.1, -0.05) is 17.3 Å². The number of benzene rings is 1. The monoisotopic (exact) mass is 148 g/mol. The average Bonchev–Trinajstić information content (AvgIpc) is 2.50. The van der Waals surface area contributed by atoms with Crippen LogP contribution in [0.5, 0.6) is 0 Å². The van der Waals surface area contributed by atoms with Crippen molar-refractivity contribution in [1.29, 1.82) is 0 Å². The molecule has 0 amide bonds. The molecule has 0 fully saturated rings. The fourth-order valence-electron chi connectivity index (χ4n) is 1.04. The Kier molecular flexibility index (Phi) is 1.33. The third-order valence-electron chi connectivity index (χ3n) is 1.60. The van der Waals surface area contributed by atoms with E-state index in [4.69, 9.17) is 0 Å². The van der Waals surface area contributed by atoms with E-state index in [1.807, 2.05) is 12.1 Å². The Bertz CT molecular complexity index is 368. The van der Waals surface area contributed by atoms with E-state index in [0.29, 0.717) is 11.1 Å². The van der Waals surface area contributed by atoms with Gasteiger partial charge in [0.05, 0.1) is 5.52 Å². The Morgan fingerprint density at radius 2 is 2.36 bits per heavy atom. The minimum atomic E-state index is -0.246. The molecule has 0 aliphatic heterocycles. The number of hydrogen-bond donors (Lipinski definition) is 1. The van der Waals surface area contributed by atoms with Crippen LogP contribution in [0.25, 0.3) is 11.0 Å². The van der Waals surface area contributed by atoms with Crippen LogP contribution in [0.15, 0.2) is 18.2 Å². The van der Waals surface area contributed by atoms with Crippen LogP contribution in [0, 0.1) is 0 Å². The molecule has 1 aromatic carbocycles. The highest BCUT2D eigenvalue weighted by Crippen LogP contribution is 2.12. The molecule has 1 aromatic heterocycles. The van der Waals surface area contributed by atoms with E-state index in [1.165, 1.54) is 0 Å². The molecule has 0 unspecified atom stereocenters. The highest BCUT2D eigenvalue weighted by atomic mass is 16.3. The predicted molar refractivity (Wildman–Crippen MR) is 38.3 cm³/mol. The third-order valence-corrected chi connectivity index (χ3v) is 1.60. The lowest BCUT2D eigenvalue weighted by Crippen LogP contribution is -1.82. The second-order valence-electron chi connectivity index (χ2n) is 2.27. The van der Waals surface area contributed by atoms with Gasteiger partial charge >= 0.3 is 0 Å². The Labute approximate surface area is 62.9 Å². The summed E-state index contributed by atoms with van der Waals surface area (Å²) in [6.07, 6.45) is 0. The van der Waals surface area contributed by atoms with Gasteiger partial charge in [-0.05, 0) is 6.07 Å². The Hall–Kier alpha value is -1.42. The lowest BCUT2D eigenvalue weighted by Gasteiger charge is -1.92. The molecule has 1 heterocycles. The number of rotatable bonds is 1. The Morgan fingerprint density at radius 3 is 3.18 bits per heavy atom. The topological polar surface area (TPSA) is 61.5 Å². The lowest BCUT2D eigenvalue weighted by molar-refractivity contribution is 0.178. The largest absolute Gasteiger partial charge is 0.258 e. The van der Waals surface area contributed by atoms with Crippen molar-refractivity contribution in [1.82, 2.24) is 15.4 Å². The van der Waals surface area contributed by atoms with Gasteiger partial charge in [0.15, 0.2) is 0 Å². The van der Waals surface area contributed by atoms with E-state index >= 15 is 0 Å². The number of nitrogens with one attached hydrogen (secondary N) is 1. The maximum atomic E-state index is 10.6. The van der Waals surface area contributed by atoms with Crippen molar-refractivity contribution in [2.45, 2.75) is 6.61 Å². The molecule has 0 bridgehead atoms. The van der Waals surface area contributed by atoms with Gasteiger partial charge in [0.2, 0.25) is 0 Å². The van der Waals surface area contributed by atoms with Crippen LogP contribution in [0.4, 0.5) is 0 Å². The SMILES string of the molecule is [O]Cc1cccc2[nH]nnc12. The second kappa shape index (κ2) is 2.32. The van der Waals surface area contributed by atoms with Gasteiger partial charge in [0.1, 0.15) is 12.1 Å². The zero-order chi connectivity index (χ0) is 7.68. The van der Waals surface area contributed by atoms with Gasteiger partial charge < -0.3 is 0 Å². The summed E-state index contributed by atoms with van der Waals surface area (Å²) in [5.41, 5.74) is 2.19. The van der Waals surface area contributed by atoms with Gasteiger partial charge in [-0.25, -0.2) is 5.11 Å². The first kappa shape index (κ1) is 6.30.